The molecule has 2 N–H and O–H groups in total. The zero-order valence-electron chi connectivity index (χ0n) is 9.47. The predicted molar refractivity (Wildman–Crippen MR) is 64.3 cm³/mol. The molecular formula is C10H12N4O2S. The van der Waals surface area contributed by atoms with Crippen LogP contribution in [0.3, 0.4) is 0 Å². The van der Waals surface area contributed by atoms with Crippen molar-refractivity contribution >= 4 is 22.4 Å². The highest BCUT2D eigenvalue weighted by molar-refractivity contribution is 7.17. The largest absolute Gasteiger partial charge is 0.477 e. The third-order valence-electron chi connectivity index (χ3n) is 2.48. The highest BCUT2D eigenvalue weighted by Gasteiger charge is 2.09. The third kappa shape index (κ3) is 2.44. The van der Waals surface area contributed by atoms with Crippen LogP contribution in [0.1, 0.15) is 20.9 Å². The van der Waals surface area contributed by atoms with Gasteiger partial charge in [-0.3, -0.25) is 4.68 Å². The Morgan fingerprint density at radius 1 is 1.59 bits per heavy atom. The number of aromatic carboxylic acids is 1. The number of thiazole rings is 1. The van der Waals surface area contributed by atoms with Gasteiger partial charge in [-0.2, -0.15) is 5.10 Å². The summed E-state index contributed by atoms with van der Waals surface area (Å²) >= 11 is 1.12. The number of rotatable bonds is 4. The van der Waals surface area contributed by atoms with Crippen molar-refractivity contribution in [3.05, 3.63) is 28.5 Å². The zero-order valence-corrected chi connectivity index (χ0v) is 10.3. The van der Waals surface area contributed by atoms with Crippen LogP contribution in [0.15, 0.2) is 12.4 Å². The number of carboxylic acids is 1. The average Bonchev–Trinajstić information content (AvgIpc) is 2.86. The Morgan fingerprint density at radius 2 is 2.35 bits per heavy atom. The lowest BCUT2D eigenvalue weighted by Crippen LogP contribution is -2.00. The Morgan fingerprint density at radius 3 is 2.88 bits per heavy atom. The summed E-state index contributed by atoms with van der Waals surface area (Å²) in [7, 11) is 1.88. The van der Waals surface area contributed by atoms with Crippen LogP contribution in [0.5, 0.6) is 0 Å². The number of nitrogens with one attached hydrogen (secondary N) is 1. The molecule has 0 aliphatic carbocycles. The van der Waals surface area contributed by atoms with Crippen molar-refractivity contribution in [2.24, 2.45) is 7.05 Å². The van der Waals surface area contributed by atoms with Gasteiger partial charge in [0.15, 0.2) is 5.13 Å². The van der Waals surface area contributed by atoms with Crippen LogP contribution in [0.25, 0.3) is 0 Å². The molecule has 0 saturated heterocycles. The quantitative estimate of drug-likeness (QED) is 0.861. The molecule has 0 atom stereocenters. The normalized spacial score (nSPS) is 10.5. The average molecular weight is 252 g/mol. The van der Waals surface area contributed by atoms with Crippen LogP contribution in [-0.2, 0) is 13.6 Å². The summed E-state index contributed by atoms with van der Waals surface area (Å²) in [6, 6.07) is 0. The SMILES string of the molecule is Cc1c(CNc2ncc(C(=O)O)s2)cnn1C. The van der Waals surface area contributed by atoms with Crippen molar-refractivity contribution in [1.82, 2.24) is 14.8 Å². The Kier molecular flexibility index (Phi) is 3.10. The molecule has 6 nitrogen and oxygen atoms in total. The summed E-state index contributed by atoms with van der Waals surface area (Å²) in [4.78, 5) is 14.9. The molecule has 2 heterocycles. The van der Waals surface area contributed by atoms with E-state index in [0.29, 0.717) is 11.7 Å². The van der Waals surface area contributed by atoms with Crippen molar-refractivity contribution in [2.45, 2.75) is 13.5 Å². The molecule has 2 rings (SSSR count). The lowest BCUT2D eigenvalue weighted by atomic mass is 10.2. The van der Waals surface area contributed by atoms with Crippen LogP contribution in [0.4, 0.5) is 5.13 Å². The first-order chi connectivity index (χ1) is 8.08. The van der Waals surface area contributed by atoms with E-state index in [1.807, 2.05) is 14.0 Å². The molecule has 0 aromatic carbocycles. The number of nitrogens with zero attached hydrogens (tertiary/aromatic N) is 3. The van der Waals surface area contributed by atoms with Crippen molar-refractivity contribution in [2.75, 3.05) is 5.32 Å². The van der Waals surface area contributed by atoms with Crippen LogP contribution >= 0.6 is 11.3 Å². The lowest BCUT2D eigenvalue weighted by Gasteiger charge is -2.01. The molecule has 2 aromatic rings. The van der Waals surface area contributed by atoms with Gasteiger partial charge in [-0.05, 0) is 6.92 Å². The third-order valence-corrected chi connectivity index (χ3v) is 3.43. The van der Waals surface area contributed by atoms with Crippen molar-refractivity contribution in [3.63, 3.8) is 0 Å². The molecule has 2 aromatic heterocycles. The van der Waals surface area contributed by atoms with E-state index >= 15 is 0 Å². The summed E-state index contributed by atoms with van der Waals surface area (Å²) in [5.41, 5.74) is 2.15. The van der Waals surface area contributed by atoms with E-state index in [1.54, 1.807) is 10.9 Å². The Bertz CT molecular complexity index is 546. The molecule has 90 valence electrons. The van der Waals surface area contributed by atoms with Crippen LogP contribution in [0.2, 0.25) is 0 Å². The van der Waals surface area contributed by atoms with Crippen molar-refractivity contribution in [3.8, 4) is 0 Å². The number of carbonyl (C=O) groups is 1. The van der Waals surface area contributed by atoms with E-state index < -0.39 is 5.97 Å². The second kappa shape index (κ2) is 4.54. The molecule has 0 aliphatic heterocycles. The van der Waals surface area contributed by atoms with Gasteiger partial charge in [0.05, 0.1) is 12.4 Å². The predicted octanol–water partition coefficient (Wildman–Crippen LogP) is 1.50. The van der Waals surface area contributed by atoms with Crippen LogP contribution in [0, 0.1) is 6.92 Å². The fourth-order valence-corrected chi connectivity index (χ4v) is 1.99. The Hall–Kier alpha value is -1.89. The minimum atomic E-state index is -0.951. The minimum absolute atomic E-state index is 0.232. The van der Waals surface area contributed by atoms with Gasteiger partial charge in [-0.15, -0.1) is 0 Å². The highest BCUT2D eigenvalue weighted by Crippen LogP contribution is 2.19. The van der Waals surface area contributed by atoms with Gasteiger partial charge in [-0.25, -0.2) is 9.78 Å². The summed E-state index contributed by atoms with van der Waals surface area (Å²) in [5.74, 6) is -0.951. The Balaban J connectivity index is 2.02. The van der Waals surface area contributed by atoms with Gasteiger partial charge < -0.3 is 10.4 Å². The number of aryl methyl sites for hydroxylation is 1. The summed E-state index contributed by atoms with van der Waals surface area (Å²) in [5, 5.41) is 16.6. The molecule has 0 fully saturated rings. The molecule has 0 amide bonds. The van der Waals surface area contributed by atoms with Crippen LogP contribution < -0.4 is 5.32 Å². The standard InChI is InChI=1S/C10H12N4O2S/c1-6-7(4-13-14(6)2)3-11-10-12-5-8(17-10)9(15)16/h4-5H,3H2,1-2H3,(H,11,12)(H,15,16). The topological polar surface area (TPSA) is 80.0 Å². The minimum Gasteiger partial charge on any atom is -0.477 e. The smallest absolute Gasteiger partial charge is 0.347 e. The van der Waals surface area contributed by atoms with Crippen molar-refractivity contribution < 1.29 is 9.90 Å². The Labute approximate surface area is 102 Å². The summed E-state index contributed by atoms with van der Waals surface area (Å²) in [6.45, 7) is 2.57. The second-order valence-corrected chi connectivity index (χ2v) is 4.60. The molecule has 0 spiro atoms. The number of hydrogen-bond donors (Lipinski definition) is 2. The highest BCUT2D eigenvalue weighted by atomic mass is 32.1. The number of carboxylic acid groups (broad SMARTS) is 1. The monoisotopic (exact) mass is 252 g/mol. The molecular weight excluding hydrogens is 240 g/mol. The summed E-state index contributed by atoms with van der Waals surface area (Å²) in [6.07, 6.45) is 3.14. The van der Waals surface area contributed by atoms with Crippen LogP contribution in [-0.4, -0.2) is 25.8 Å². The summed E-state index contributed by atoms with van der Waals surface area (Å²) < 4.78 is 1.79. The van der Waals surface area contributed by atoms with E-state index in [-0.39, 0.29) is 4.88 Å². The van der Waals surface area contributed by atoms with E-state index in [0.717, 1.165) is 22.6 Å². The fourth-order valence-electron chi connectivity index (χ4n) is 1.34. The van der Waals surface area contributed by atoms with Gasteiger partial charge in [-0.1, -0.05) is 11.3 Å². The van der Waals surface area contributed by atoms with E-state index in [9.17, 15) is 4.79 Å². The lowest BCUT2D eigenvalue weighted by molar-refractivity contribution is 0.0702. The molecule has 0 aliphatic rings. The maximum Gasteiger partial charge on any atom is 0.347 e. The molecule has 7 heteroatoms. The van der Waals surface area contributed by atoms with Gasteiger partial charge in [0.1, 0.15) is 4.88 Å². The maximum absolute atomic E-state index is 10.7. The van der Waals surface area contributed by atoms with Gasteiger partial charge in [0, 0.05) is 24.8 Å². The molecule has 0 bridgehead atoms. The molecule has 0 saturated carbocycles. The molecule has 17 heavy (non-hydrogen) atoms. The molecule has 0 radical (unpaired) electrons. The number of anilines is 1. The number of aromatic nitrogens is 3. The number of hydrogen-bond acceptors (Lipinski definition) is 5. The zero-order chi connectivity index (χ0) is 12.4. The van der Waals surface area contributed by atoms with E-state index in [1.165, 1.54) is 6.20 Å². The van der Waals surface area contributed by atoms with E-state index in [2.05, 4.69) is 15.4 Å². The van der Waals surface area contributed by atoms with E-state index in [4.69, 9.17) is 5.11 Å². The van der Waals surface area contributed by atoms with Gasteiger partial charge in [0.25, 0.3) is 0 Å². The second-order valence-electron chi connectivity index (χ2n) is 3.57. The molecule has 0 unspecified atom stereocenters. The first kappa shape index (κ1) is 11.6. The fraction of sp³-hybridized carbons (Fsp3) is 0.300. The first-order valence-electron chi connectivity index (χ1n) is 4.98. The van der Waals surface area contributed by atoms with Gasteiger partial charge >= 0.3 is 5.97 Å². The first-order valence-corrected chi connectivity index (χ1v) is 5.80. The van der Waals surface area contributed by atoms with Crippen molar-refractivity contribution in [1.29, 1.82) is 0 Å². The maximum atomic E-state index is 10.7. The van der Waals surface area contributed by atoms with Gasteiger partial charge in [0.2, 0.25) is 0 Å².